The van der Waals surface area contributed by atoms with Crippen molar-refractivity contribution in [3.8, 4) is 17.0 Å². The first-order chi connectivity index (χ1) is 14.4. The smallest absolute Gasteiger partial charge is 0.325 e. The lowest BCUT2D eigenvalue weighted by atomic mass is 10.0. The van der Waals surface area contributed by atoms with Gasteiger partial charge >= 0.3 is 17.2 Å². The summed E-state index contributed by atoms with van der Waals surface area (Å²) in [5, 5.41) is 5.04. The molecule has 0 unspecified atom stereocenters. The molecule has 9 heteroatoms. The van der Waals surface area contributed by atoms with Crippen molar-refractivity contribution in [3.63, 3.8) is 0 Å². The molecule has 1 amide bonds. The van der Waals surface area contributed by atoms with Crippen molar-refractivity contribution in [1.29, 1.82) is 0 Å². The van der Waals surface area contributed by atoms with Crippen LogP contribution in [-0.4, -0.2) is 28.2 Å². The summed E-state index contributed by atoms with van der Waals surface area (Å²) in [6.07, 6.45) is 1.14. The van der Waals surface area contributed by atoms with Gasteiger partial charge in [0.25, 0.3) is 6.17 Å². The number of benzene rings is 2. The van der Waals surface area contributed by atoms with E-state index in [-0.39, 0.29) is 11.5 Å². The van der Waals surface area contributed by atoms with E-state index in [2.05, 4.69) is 10.1 Å². The average Bonchev–Trinajstić information content (AvgIpc) is 2.72. The van der Waals surface area contributed by atoms with Gasteiger partial charge in [-0.15, -0.1) is 0 Å². The van der Waals surface area contributed by atoms with E-state index in [0.717, 1.165) is 0 Å². The van der Waals surface area contributed by atoms with E-state index >= 15 is 0 Å². The van der Waals surface area contributed by atoms with Gasteiger partial charge in [-0.2, -0.15) is 0 Å². The zero-order valence-corrected chi connectivity index (χ0v) is 17.4. The van der Waals surface area contributed by atoms with Crippen LogP contribution in [0.5, 0.6) is 5.75 Å². The van der Waals surface area contributed by atoms with Crippen molar-refractivity contribution in [2.45, 2.75) is 25.2 Å². The zero-order chi connectivity index (χ0) is 21.4. The lowest BCUT2D eigenvalue weighted by molar-refractivity contribution is -0.763. The standard InChI is InChI=1S/C21H18N4O4S/c1-12(26)24-17-7-5-4-6-16(17)18-19(28)22-21(30-3)23-25(18)20(24)14-8-10-15(11-9-14)29-13(2)27/h4-11,20H,1-3H3/p+1/t20-/m1/s1. The first kappa shape index (κ1) is 19.8. The largest absolute Gasteiger partial charge is 0.427 e. The summed E-state index contributed by atoms with van der Waals surface area (Å²) in [5.74, 6) is -0.217. The second-order valence-electron chi connectivity index (χ2n) is 6.70. The van der Waals surface area contributed by atoms with Crippen LogP contribution in [0.1, 0.15) is 25.6 Å². The Hall–Kier alpha value is -3.46. The zero-order valence-electron chi connectivity index (χ0n) is 16.6. The van der Waals surface area contributed by atoms with E-state index in [9.17, 15) is 14.4 Å². The number of esters is 1. The van der Waals surface area contributed by atoms with E-state index in [1.165, 1.54) is 25.6 Å². The number of amides is 1. The number of hydrogen-bond acceptors (Lipinski definition) is 6. The molecule has 1 atom stereocenters. The highest BCUT2D eigenvalue weighted by Crippen LogP contribution is 2.37. The van der Waals surface area contributed by atoms with E-state index in [1.54, 1.807) is 39.9 Å². The number of H-pyrrole nitrogens is 1. The van der Waals surface area contributed by atoms with Gasteiger partial charge in [0.1, 0.15) is 5.75 Å². The third-order valence-electron chi connectivity index (χ3n) is 4.73. The number of nitrogens with one attached hydrogen (secondary N) is 1. The molecule has 0 aliphatic carbocycles. The van der Waals surface area contributed by atoms with Crippen LogP contribution in [-0.2, 0) is 9.59 Å². The summed E-state index contributed by atoms with van der Waals surface area (Å²) in [7, 11) is 0. The molecule has 1 aromatic heterocycles. The minimum absolute atomic E-state index is 0.192. The molecule has 2 heterocycles. The SMILES string of the molecule is CSc1n[n+]2c(c(=O)[nH]1)-c1ccccc1N(C(C)=O)[C@H]2c1ccc(OC(C)=O)cc1. The number of aromatic amines is 1. The number of carbonyl (C=O) groups excluding carboxylic acids is 2. The fourth-order valence-corrected chi connectivity index (χ4v) is 3.94. The van der Waals surface area contributed by atoms with Gasteiger partial charge in [-0.25, -0.2) is 4.90 Å². The predicted octanol–water partition coefficient (Wildman–Crippen LogP) is 2.29. The van der Waals surface area contributed by atoms with Gasteiger partial charge in [-0.3, -0.25) is 19.4 Å². The van der Waals surface area contributed by atoms with Gasteiger partial charge in [0.05, 0.1) is 11.3 Å². The fourth-order valence-electron chi connectivity index (χ4n) is 3.58. The molecule has 8 nitrogen and oxygen atoms in total. The van der Waals surface area contributed by atoms with Crippen LogP contribution in [0.3, 0.4) is 0 Å². The van der Waals surface area contributed by atoms with Crippen LogP contribution >= 0.6 is 11.8 Å². The molecule has 1 aliphatic rings. The van der Waals surface area contributed by atoms with Crippen molar-refractivity contribution in [2.24, 2.45) is 0 Å². The number of anilines is 1. The highest BCUT2D eigenvalue weighted by atomic mass is 32.2. The Kier molecular flexibility index (Phi) is 5.13. The quantitative estimate of drug-likeness (QED) is 0.301. The summed E-state index contributed by atoms with van der Waals surface area (Å²) in [6.45, 7) is 2.81. The minimum atomic E-state index is -0.674. The number of aromatic nitrogens is 3. The van der Waals surface area contributed by atoms with Gasteiger partial charge < -0.3 is 4.74 Å². The van der Waals surface area contributed by atoms with E-state index < -0.39 is 12.1 Å². The summed E-state index contributed by atoms with van der Waals surface area (Å²) in [6, 6.07) is 14.1. The molecule has 0 saturated heterocycles. The normalized spacial score (nSPS) is 14.6. The van der Waals surface area contributed by atoms with Crippen LogP contribution in [0.2, 0.25) is 0 Å². The van der Waals surface area contributed by atoms with Gasteiger partial charge in [-0.05, 0) is 47.3 Å². The number of nitrogens with zero attached hydrogens (tertiary/aromatic N) is 3. The van der Waals surface area contributed by atoms with Crippen LogP contribution < -0.4 is 19.9 Å². The van der Waals surface area contributed by atoms with Crippen molar-refractivity contribution >= 4 is 29.3 Å². The third-order valence-corrected chi connectivity index (χ3v) is 5.30. The average molecular weight is 423 g/mol. The maximum absolute atomic E-state index is 12.9. The summed E-state index contributed by atoms with van der Waals surface area (Å²) < 4.78 is 6.69. The molecule has 0 spiro atoms. The molecule has 0 saturated carbocycles. The number of carbonyl (C=O) groups is 2. The van der Waals surface area contributed by atoms with Crippen molar-refractivity contribution in [2.75, 3.05) is 11.2 Å². The number of fused-ring (bicyclic) bond motifs is 3. The Balaban J connectivity index is 1.97. The monoisotopic (exact) mass is 423 g/mol. The Labute approximate surface area is 176 Å². The molecular weight excluding hydrogens is 404 g/mol. The van der Waals surface area contributed by atoms with Crippen LogP contribution in [0.15, 0.2) is 58.5 Å². The van der Waals surface area contributed by atoms with E-state index in [4.69, 9.17) is 4.74 Å². The Morgan fingerprint density at radius 3 is 2.47 bits per heavy atom. The summed E-state index contributed by atoms with van der Waals surface area (Å²) >= 11 is 1.30. The first-order valence-corrected chi connectivity index (χ1v) is 10.4. The molecule has 3 aromatic rings. The highest BCUT2D eigenvalue weighted by molar-refractivity contribution is 7.98. The lowest BCUT2D eigenvalue weighted by Crippen LogP contribution is -2.60. The van der Waals surface area contributed by atoms with Crippen LogP contribution in [0.4, 0.5) is 5.69 Å². The fraction of sp³-hybridized carbons (Fsp3) is 0.190. The van der Waals surface area contributed by atoms with Crippen LogP contribution in [0.25, 0.3) is 11.3 Å². The predicted molar refractivity (Wildman–Crippen MR) is 111 cm³/mol. The number of ether oxygens (including phenoxy) is 1. The molecule has 30 heavy (non-hydrogen) atoms. The molecule has 0 radical (unpaired) electrons. The van der Waals surface area contributed by atoms with Crippen molar-refractivity contribution in [1.82, 2.24) is 10.1 Å². The number of hydrogen-bond donors (Lipinski definition) is 1. The van der Waals surface area contributed by atoms with Crippen molar-refractivity contribution in [3.05, 3.63) is 64.4 Å². The lowest BCUT2D eigenvalue weighted by Gasteiger charge is -2.31. The molecule has 0 bridgehead atoms. The third kappa shape index (κ3) is 3.37. The van der Waals surface area contributed by atoms with Crippen molar-refractivity contribution < 1.29 is 19.0 Å². The maximum atomic E-state index is 12.9. The molecule has 2 aromatic carbocycles. The molecular formula is C21H19N4O4S+. The Morgan fingerprint density at radius 2 is 1.83 bits per heavy atom. The Morgan fingerprint density at radius 1 is 1.13 bits per heavy atom. The Bertz CT molecular complexity index is 1210. The van der Waals surface area contributed by atoms with E-state index in [1.807, 2.05) is 24.5 Å². The van der Waals surface area contributed by atoms with Gasteiger partial charge in [0.15, 0.2) is 0 Å². The second-order valence-corrected chi connectivity index (χ2v) is 7.49. The topological polar surface area (TPSA) is 96.2 Å². The van der Waals surface area contributed by atoms with E-state index in [0.29, 0.717) is 33.4 Å². The summed E-state index contributed by atoms with van der Waals surface area (Å²) in [4.78, 5) is 41.3. The number of rotatable bonds is 3. The van der Waals surface area contributed by atoms with Gasteiger partial charge in [-0.1, -0.05) is 23.9 Å². The molecule has 1 N–H and O–H groups in total. The molecule has 0 fully saturated rings. The molecule has 1 aliphatic heterocycles. The van der Waals surface area contributed by atoms with Crippen LogP contribution in [0, 0.1) is 0 Å². The first-order valence-electron chi connectivity index (χ1n) is 9.18. The van der Waals surface area contributed by atoms with Gasteiger partial charge in [0.2, 0.25) is 11.1 Å². The summed E-state index contributed by atoms with van der Waals surface area (Å²) in [5.41, 5.74) is 2.05. The molecule has 4 rings (SSSR count). The molecule has 152 valence electrons. The van der Waals surface area contributed by atoms with Gasteiger partial charge in [0, 0.05) is 24.5 Å². The number of para-hydroxylation sites is 1. The minimum Gasteiger partial charge on any atom is -0.427 e. The highest BCUT2D eigenvalue weighted by Gasteiger charge is 2.44. The second kappa shape index (κ2) is 7.75. The maximum Gasteiger partial charge on any atom is 0.325 e. The number of thioether (sulfide) groups is 1.